The minimum absolute atomic E-state index is 0.00540. The van der Waals surface area contributed by atoms with E-state index in [4.69, 9.17) is 9.47 Å². The van der Waals surface area contributed by atoms with E-state index >= 15 is 23.2 Å². The molecular formula is C85H96F2N12O12S4. The van der Waals surface area contributed by atoms with Gasteiger partial charge in [0.05, 0.1) is 85.7 Å². The number of aliphatic hydroxyl groups is 1. The van der Waals surface area contributed by atoms with Crippen LogP contribution < -0.4 is 26.0 Å². The number of aliphatic hydroxyl groups excluding tert-OH is 1. The summed E-state index contributed by atoms with van der Waals surface area (Å²) in [5.41, 5.74) is 12.9. The highest BCUT2D eigenvalue weighted by molar-refractivity contribution is 7.98. The summed E-state index contributed by atoms with van der Waals surface area (Å²) in [6, 6.07) is 23.3. The number of β-amino-alcohol motifs (C(OH)–C–C–N with tert-alkyl or cyclic N) is 1. The number of hydrogen-bond donors (Lipinski definition) is 5. The van der Waals surface area contributed by atoms with Crippen LogP contribution in [0.2, 0.25) is 0 Å². The number of likely N-dealkylation sites (tertiary alicyclic amines) is 3. The van der Waals surface area contributed by atoms with Gasteiger partial charge in [0.25, 0.3) is 11.8 Å². The van der Waals surface area contributed by atoms with Gasteiger partial charge in [-0.05, 0) is 102 Å². The summed E-state index contributed by atoms with van der Waals surface area (Å²) in [4.78, 5) is 154. The summed E-state index contributed by atoms with van der Waals surface area (Å²) in [6.45, 7) is 16.4. The van der Waals surface area contributed by atoms with Crippen LogP contribution in [0.5, 0.6) is 5.75 Å². The smallest absolute Gasteiger partial charge is 0.255 e. The van der Waals surface area contributed by atoms with E-state index in [2.05, 4.69) is 36.2 Å². The minimum Gasteiger partial charge on any atom is -0.488 e. The Balaban J connectivity index is 0.673. The first-order valence-corrected chi connectivity index (χ1v) is 42.7. The number of benzene rings is 5. The Kier molecular flexibility index (Phi) is 25.8. The van der Waals surface area contributed by atoms with E-state index < -0.39 is 131 Å². The van der Waals surface area contributed by atoms with Gasteiger partial charge >= 0.3 is 0 Å². The average molecular weight is 1640 g/mol. The Morgan fingerprint density at radius 3 is 1.55 bits per heavy atom. The lowest BCUT2D eigenvalue weighted by Crippen LogP contribution is -2.57. The summed E-state index contributed by atoms with van der Waals surface area (Å²) in [5.74, 6) is -6.83. The van der Waals surface area contributed by atoms with Crippen molar-refractivity contribution < 1.29 is 66.5 Å². The first-order valence-electron chi connectivity index (χ1n) is 38.7. The number of thioether (sulfide) groups is 1. The average Bonchev–Trinajstić information content (AvgIpc) is 1.62. The zero-order valence-electron chi connectivity index (χ0n) is 65.9. The van der Waals surface area contributed by atoms with Crippen LogP contribution in [-0.2, 0) is 71.0 Å². The van der Waals surface area contributed by atoms with Crippen LogP contribution in [0.3, 0.4) is 0 Å². The van der Waals surface area contributed by atoms with Gasteiger partial charge in [-0.1, -0.05) is 120 Å². The van der Waals surface area contributed by atoms with Crippen LogP contribution in [0.1, 0.15) is 139 Å². The summed E-state index contributed by atoms with van der Waals surface area (Å²) in [7, 11) is 0. The number of fused-ring (bicyclic) bond motifs is 2. The third-order valence-electron chi connectivity index (χ3n) is 22.2. The fraction of sp³-hybridized carbons (Fsp3) is 0.435. The van der Waals surface area contributed by atoms with Gasteiger partial charge in [0.2, 0.25) is 41.4 Å². The van der Waals surface area contributed by atoms with Gasteiger partial charge in [-0.25, -0.2) is 23.7 Å². The maximum atomic E-state index is 16.9. The third-order valence-corrected chi connectivity index (χ3v) is 25.8. The normalized spacial score (nSPS) is 19.7. The number of carbonyl (C=O) groups excluding carboxylic acids is 9. The molecule has 3 saturated heterocycles. The molecule has 0 aliphatic carbocycles. The third kappa shape index (κ3) is 18.5. The number of nitrogens with zero attached hydrogens (tertiary/aromatic N) is 8. The van der Waals surface area contributed by atoms with Gasteiger partial charge in [0.15, 0.2) is 0 Å². The highest BCUT2D eigenvalue weighted by Crippen LogP contribution is 2.39. The molecule has 13 rings (SSSR count). The quantitative estimate of drug-likeness (QED) is 0.0291. The Hall–Kier alpha value is -9.85. The van der Waals surface area contributed by atoms with Crippen LogP contribution >= 0.6 is 45.8 Å². The molecule has 1 unspecified atom stereocenters. The number of ether oxygens (including phenoxy) is 2. The zero-order chi connectivity index (χ0) is 81.8. The van der Waals surface area contributed by atoms with Crippen molar-refractivity contribution in [1.82, 2.24) is 60.7 Å². The van der Waals surface area contributed by atoms with Crippen LogP contribution in [0, 0.1) is 49.7 Å². The lowest BCUT2D eigenvalue weighted by molar-refractivity contribution is -0.144. The lowest BCUT2D eigenvalue weighted by atomic mass is 9.85. The summed E-state index contributed by atoms with van der Waals surface area (Å²) in [5, 5.41) is 22.8. The molecule has 8 aromatic rings. The number of aryl methyl sites for hydroxylation is 3. The second-order valence-corrected chi connectivity index (χ2v) is 35.3. The Morgan fingerprint density at radius 2 is 1.06 bits per heavy atom. The SMILES string of the molecule is CSC[C@@H](C(=O)N1C[C@H](Oc2cc(F)c3c(c2)C(=O)N([C@H](C(=O)N2C[C@H](OCC(C)CCC(=O)N[C@H](C(=O)N4C[C@H](O)C[C@H]4C(=O)NCc4ccc(-c5scnc5C)cc4)C(C)(C)C)C[C@H]2C(=O)NCc2ccc(-c4scnc4C)cc2)C(C)C)C3)C[C@H]1C(=O)NCc1ccc(-c2scnc2C)cc1)N1Cc2c(F)cccc2C1=O. The van der Waals surface area contributed by atoms with Crippen molar-refractivity contribution in [2.45, 2.75) is 182 Å². The van der Waals surface area contributed by atoms with Crippen molar-refractivity contribution in [3.05, 3.63) is 187 Å². The van der Waals surface area contributed by atoms with E-state index in [9.17, 15) is 33.9 Å². The number of amides is 9. The molecule has 24 nitrogen and oxygen atoms in total. The molecule has 0 saturated carbocycles. The van der Waals surface area contributed by atoms with Gasteiger partial charge in [-0.2, -0.15) is 11.8 Å². The first-order chi connectivity index (χ1) is 55.0. The summed E-state index contributed by atoms with van der Waals surface area (Å²) >= 11 is 5.89. The molecular weight excluding hydrogens is 1550 g/mol. The number of thiazole rings is 3. The fourth-order valence-corrected chi connectivity index (χ4v) is 19.0. The maximum Gasteiger partial charge on any atom is 0.255 e. The highest BCUT2D eigenvalue weighted by Gasteiger charge is 2.50. The van der Waals surface area contributed by atoms with Crippen molar-refractivity contribution in [3.8, 4) is 37.1 Å². The van der Waals surface area contributed by atoms with Crippen LogP contribution in [0.25, 0.3) is 31.3 Å². The second kappa shape index (κ2) is 35.7. The molecule has 5 aliphatic rings. The molecule has 9 amide bonds. The number of carbonyl (C=O) groups is 9. The molecule has 5 aromatic carbocycles. The lowest BCUT2D eigenvalue weighted by Gasteiger charge is -2.35. The predicted octanol–water partition coefficient (Wildman–Crippen LogP) is 10.8. The monoisotopic (exact) mass is 1640 g/mol. The molecule has 0 radical (unpaired) electrons. The van der Waals surface area contributed by atoms with Crippen LogP contribution in [0.15, 0.2) is 120 Å². The molecule has 115 heavy (non-hydrogen) atoms. The molecule has 0 bridgehead atoms. The molecule has 606 valence electrons. The minimum atomic E-state index is -1.22. The molecule has 10 atom stereocenters. The molecule has 5 aliphatic heterocycles. The summed E-state index contributed by atoms with van der Waals surface area (Å²) < 4.78 is 45.2. The van der Waals surface area contributed by atoms with E-state index in [0.29, 0.717) is 6.42 Å². The van der Waals surface area contributed by atoms with E-state index in [-0.39, 0.29) is 124 Å². The first kappa shape index (κ1) is 83.1. The van der Waals surface area contributed by atoms with E-state index in [1.54, 1.807) is 48.0 Å². The van der Waals surface area contributed by atoms with Gasteiger partial charge in [-0.15, -0.1) is 34.0 Å². The highest BCUT2D eigenvalue weighted by atomic mass is 32.2. The molecule has 3 fully saturated rings. The van der Waals surface area contributed by atoms with Crippen molar-refractivity contribution in [1.29, 1.82) is 0 Å². The molecule has 30 heteroatoms. The topological polar surface area (TPSA) is 295 Å². The second-order valence-electron chi connectivity index (χ2n) is 31.9. The Labute approximate surface area is 683 Å². The number of hydrogen-bond acceptors (Lipinski definition) is 19. The van der Waals surface area contributed by atoms with E-state index in [1.165, 1.54) is 83.2 Å². The van der Waals surface area contributed by atoms with Crippen molar-refractivity contribution in [2.75, 3.05) is 38.2 Å². The van der Waals surface area contributed by atoms with E-state index in [1.807, 2.05) is 121 Å². The fourth-order valence-electron chi connectivity index (χ4n) is 15.9. The predicted molar refractivity (Wildman–Crippen MR) is 436 cm³/mol. The van der Waals surface area contributed by atoms with E-state index in [0.717, 1.165) is 71.2 Å². The van der Waals surface area contributed by atoms with Gasteiger partial charge in [-0.3, -0.25) is 43.2 Å². The maximum absolute atomic E-state index is 16.9. The van der Waals surface area contributed by atoms with Gasteiger partial charge < -0.3 is 60.3 Å². The molecule has 0 spiro atoms. The van der Waals surface area contributed by atoms with Crippen LogP contribution in [-0.4, -0.2) is 191 Å². The number of halogens is 2. The molecule has 3 aromatic heterocycles. The Bertz CT molecular complexity index is 4960. The van der Waals surface area contributed by atoms with Crippen molar-refractivity contribution >= 4 is 98.9 Å². The van der Waals surface area contributed by atoms with Crippen molar-refractivity contribution in [3.63, 3.8) is 0 Å². The number of rotatable bonds is 29. The molecule has 8 heterocycles. The molecule has 5 N–H and O–H groups in total. The zero-order valence-corrected chi connectivity index (χ0v) is 69.2. The largest absolute Gasteiger partial charge is 0.488 e. The van der Waals surface area contributed by atoms with Crippen molar-refractivity contribution in [2.24, 2.45) is 17.3 Å². The Morgan fingerprint density at radius 1 is 0.591 bits per heavy atom. The standard InChI is InChI=1S/C85H96F2N12O12S4/c1-46(2)72(99-40-64-62(81(99)106)29-58(30-66(64)87)111-60-32-69(79(104)90-35-53-19-25-56(26-20-53)75-50(6)93-45-115-75)96(38-60)82(107)70(42-112-10)98-39-63-61(80(98)105)12-11-13-65(63)86)83(108)97-37-59(31-68(97)78(103)89-34-52-17-23-55(24-18-52)74-49(5)92-44-114-74)110-41-47(3)14-27-71(101)94-76(85(7,8)9)84(109)95-36-57(100)28-67(95)77(102)88-33-51-15-21-54(22-16-51)73-48(4)91-43-113-73/h11-13,15-26,29-30,43-47,57,59-60,67-70,72,76,100H,14,27-28,31-42H2,1-10H3,(H,88,102)(H,89,103)(H,90,104)(H,94,101)/t47?,57-,59-,60-,67+,68+,69+,70+,72+,76-/m1/s1. The number of nitrogens with one attached hydrogen (secondary N) is 4. The number of aromatic nitrogens is 3. The van der Waals surface area contributed by atoms with Crippen LogP contribution in [0.4, 0.5) is 8.78 Å². The van der Waals surface area contributed by atoms with Gasteiger partial charge in [0.1, 0.15) is 59.7 Å². The van der Waals surface area contributed by atoms with Gasteiger partial charge in [0, 0.05) is 93.5 Å². The summed E-state index contributed by atoms with van der Waals surface area (Å²) in [6.07, 6.45) is -0.490.